The van der Waals surface area contributed by atoms with Crippen molar-refractivity contribution < 1.29 is 9.90 Å². The van der Waals surface area contributed by atoms with Crippen LogP contribution in [0.15, 0.2) is 36.4 Å². The molecule has 1 aromatic heterocycles. The second kappa shape index (κ2) is 5.56. The van der Waals surface area contributed by atoms with E-state index in [-0.39, 0.29) is 5.56 Å². The molecule has 0 spiro atoms. The van der Waals surface area contributed by atoms with Crippen LogP contribution in [0.2, 0.25) is 0 Å². The van der Waals surface area contributed by atoms with Gasteiger partial charge in [-0.25, -0.2) is 9.78 Å². The van der Waals surface area contributed by atoms with E-state index in [2.05, 4.69) is 4.98 Å². The van der Waals surface area contributed by atoms with Crippen LogP contribution >= 0.6 is 0 Å². The second-order valence-electron chi connectivity index (χ2n) is 5.37. The topological polar surface area (TPSA) is 53.4 Å². The molecule has 1 aliphatic carbocycles. The minimum atomic E-state index is -0.923. The molecule has 2 aromatic rings. The number of benzene rings is 1. The fourth-order valence-electron chi connectivity index (χ4n) is 2.81. The Kier molecular flexibility index (Phi) is 3.60. The van der Waals surface area contributed by atoms with Gasteiger partial charge in [0.05, 0.1) is 0 Å². The van der Waals surface area contributed by atoms with Gasteiger partial charge in [-0.3, -0.25) is 0 Å². The SMILES string of the molecule is CN(c1ccccc1)c1nc2c(cc1C(=O)O)CCCC2. The first-order chi connectivity index (χ1) is 10.2. The predicted octanol–water partition coefficient (Wildman–Crippen LogP) is 3.43. The molecule has 0 aliphatic heterocycles. The van der Waals surface area contributed by atoms with Gasteiger partial charge < -0.3 is 10.0 Å². The monoisotopic (exact) mass is 282 g/mol. The molecular weight excluding hydrogens is 264 g/mol. The van der Waals surface area contributed by atoms with Crippen LogP contribution in [-0.2, 0) is 12.8 Å². The number of fused-ring (bicyclic) bond motifs is 1. The maximum atomic E-state index is 11.6. The van der Waals surface area contributed by atoms with Crippen LogP contribution in [0.1, 0.15) is 34.5 Å². The molecule has 0 fully saturated rings. The molecule has 21 heavy (non-hydrogen) atoms. The summed E-state index contributed by atoms with van der Waals surface area (Å²) in [7, 11) is 1.86. The number of nitrogens with zero attached hydrogens (tertiary/aromatic N) is 2. The van der Waals surface area contributed by atoms with Crippen LogP contribution in [-0.4, -0.2) is 23.1 Å². The molecule has 3 rings (SSSR count). The number of hydrogen-bond donors (Lipinski definition) is 1. The average Bonchev–Trinajstić information content (AvgIpc) is 2.53. The van der Waals surface area contributed by atoms with E-state index < -0.39 is 5.97 Å². The van der Waals surface area contributed by atoms with Crippen LogP contribution in [0.25, 0.3) is 0 Å². The van der Waals surface area contributed by atoms with Crippen molar-refractivity contribution >= 4 is 17.5 Å². The molecule has 1 N–H and O–H groups in total. The van der Waals surface area contributed by atoms with Crippen LogP contribution in [0.3, 0.4) is 0 Å². The third kappa shape index (κ3) is 2.61. The van der Waals surface area contributed by atoms with E-state index in [1.807, 2.05) is 42.3 Å². The molecule has 1 aliphatic rings. The summed E-state index contributed by atoms with van der Waals surface area (Å²) in [5.41, 5.74) is 3.35. The molecule has 108 valence electrons. The number of hydrogen-bond acceptors (Lipinski definition) is 3. The largest absolute Gasteiger partial charge is 0.478 e. The Morgan fingerprint density at radius 1 is 1.19 bits per heavy atom. The van der Waals surface area contributed by atoms with Gasteiger partial charge >= 0.3 is 5.97 Å². The second-order valence-corrected chi connectivity index (χ2v) is 5.37. The first-order valence-corrected chi connectivity index (χ1v) is 7.21. The molecule has 0 saturated carbocycles. The fraction of sp³-hybridized carbons (Fsp3) is 0.294. The number of anilines is 2. The average molecular weight is 282 g/mol. The van der Waals surface area contributed by atoms with E-state index in [1.54, 1.807) is 6.07 Å². The molecule has 1 aromatic carbocycles. The first-order valence-electron chi connectivity index (χ1n) is 7.21. The summed E-state index contributed by atoms with van der Waals surface area (Å²) in [6.45, 7) is 0. The first kappa shape index (κ1) is 13.6. The number of carboxylic acid groups (broad SMARTS) is 1. The van der Waals surface area contributed by atoms with Gasteiger partial charge in [-0.1, -0.05) is 18.2 Å². The summed E-state index contributed by atoms with van der Waals surface area (Å²) in [4.78, 5) is 18.1. The number of pyridine rings is 1. The van der Waals surface area contributed by atoms with Crippen LogP contribution < -0.4 is 4.90 Å². The smallest absolute Gasteiger partial charge is 0.339 e. The Balaban J connectivity index is 2.10. The van der Waals surface area contributed by atoms with Crippen molar-refractivity contribution in [1.29, 1.82) is 0 Å². The highest BCUT2D eigenvalue weighted by Crippen LogP contribution is 2.30. The molecule has 1 heterocycles. The third-order valence-electron chi connectivity index (χ3n) is 3.97. The summed E-state index contributed by atoms with van der Waals surface area (Å²) in [5.74, 6) is -0.400. The Labute approximate surface area is 124 Å². The molecule has 0 bridgehead atoms. The summed E-state index contributed by atoms with van der Waals surface area (Å²) in [5, 5.41) is 9.50. The summed E-state index contributed by atoms with van der Waals surface area (Å²) in [6.07, 6.45) is 4.10. The third-order valence-corrected chi connectivity index (χ3v) is 3.97. The minimum Gasteiger partial charge on any atom is -0.478 e. The lowest BCUT2D eigenvalue weighted by Gasteiger charge is -2.23. The number of aryl methyl sites for hydroxylation is 2. The molecule has 0 saturated heterocycles. The molecule has 0 radical (unpaired) electrons. The van der Waals surface area contributed by atoms with Crippen LogP contribution in [0.5, 0.6) is 0 Å². The lowest BCUT2D eigenvalue weighted by Crippen LogP contribution is -2.19. The van der Waals surface area contributed by atoms with Crippen molar-refractivity contribution in [3.63, 3.8) is 0 Å². The van der Waals surface area contributed by atoms with Crippen molar-refractivity contribution in [1.82, 2.24) is 4.98 Å². The highest BCUT2D eigenvalue weighted by atomic mass is 16.4. The Morgan fingerprint density at radius 3 is 2.62 bits per heavy atom. The quantitative estimate of drug-likeness (QED) is 0.937. The Hall–Kier alpha value is -2.36. The molecule has 4 heteroatoms. The number of aromatic nitrogens is 1. The lowest BCUT2D eigenvalue weighted by molar-refractivity contribution is 0.0697. The zero-order valence-electron chi connectivity index (χ0n) is 12.0. The van der Waals surface area contributed by atoms with Gasteiger partial charge in [-0.05, 0) is 49.4 Å². The van der Waals surface area contributed by atoms with Crippen LogP contribution in [0.4, 0.5) is 11.5 Å². The maximum absolute atomic E-state index is 11.6. The highest BCUT2D eigenvalue weighted by Gasteiger charge is 2.21. The van der Waals surface area contributed by atoms with Gasteiger partial charge in [0.1, 0.15) is 11.4 Å². The zero-order chi connectivity index (χ0) is 14.8. The number of para-hydroxylation sites is 1. The number of rotatable bonds is 3. The van der Waals surface area contributed by atoms with E-state index in [9.17, 15) is 9.90 Å². The standard InChI is InChI=1S/C17H18N2O2/c1-19(13-8-3-2-4-9-13)16-14(17(20)21)11-12-7-5-6-10-15(12)18-16/h2-4,8-9,11H,5-7,10H2,1H3,(H,20,21). The summed E-state index contributed by atoms with van der Waals surface area (Å²) >= 11 is 0. The van der Waals surface area contributed by atoms with Gasteiger partial charge in [0.2, 0.25) is 0 Å². The van der Waals surface area contributed by atoms with Crippen molar-refractivity contribution in [3.05, 3.63) is 53.2 Å². The molecule has 0 amide bonds. The van der Waals surface area contributed by atoms with Gasteiger partial charge in [-0.2, -0.15) is 0 Å². The van der Waals surface area contributed by atoms with Crippen LogP contribution in [0, 0.1) is 0 Å². The summed E-state index contributed by atoms with van der Waals surface area (Å²) in [6, 6.07) is 11.5. The number of carboxylic acids is 1. The molecule has 0 atom stereocenters. The van der Waals surface area contributed by atoms with Crippen molar-refractivity contribution in [3.8, 4) is 0 Å². The Bertz CT molecular complexity index is 668. The molecule has 4 nitrogen and oxygen atoms in total. The van der Waals surface area contributed by atoms with E-state index in [4.69, 9.17) is 0 Å². The zero-order valence-corrected chi connectivity index (χ0v) is 12.0. The van der Waals surface area contributed by atoms with E-state index in [0.29, 0.717) is 5.82 Å². The van der Waals surface area contributed by atoms with E-state index in [0.717, 1.165) is 42.6 Å². The molecule has 0 unspecified atom stereocenters. The fourth-order valence-corrected chi connectivity index (χ4v) is 2.81. The molecular formula is C17H18N2O2. The van der Waals surface area contributed by atoms with Gasteiger partial charge in [0, 0.05) is 18.4 Å². The van der Waals surface area contributed by atoms with E-state index >= 15 is 0 Å². The van der Waals surface area contributed by atoms with Gasteiger partial charge in [0.15, 0.2) is 0 Å². The van der Waals surface area contributed by atoms with Crippen molar-refractivity contribution in [2.24, 2.45) is 0 Å². The number of aromatic carboxylic acids is 1. The Morgan fingerprint density at radius 2 is 1.90 bits per heavy atom. The van der Waals surface area contributed by atoms with Crippen molar-refractivity contribution in [2.45, 2.75) is 25.7 Å². The predicted molar refractivity (Wildman–Crippen MR) is 82.3 cm³/mol. The maximum Gasteiger partial charge on any atom is 0.339 e. The normalized spacial score (nSPS) is 13.6. The van der Waals surface area contributed by atoms with Gasteiger partial charge in [-0.15, -0.1) is 0 Å². The lowest BCUT2D eigenvalue weighted by atomic mass is 9.94. The minimum absolute atomic E-state index is 0.280. The highest BCUT2D eigenvalue weighted by molar-refractivity contribution is 5.94. The number of carbonyl (C=O) groups is 1. The summed E-state index contributed by atoms with van der Waals surface area (Å²) < 4.78 is 0. The van der Waals surface area contributed by atoms with Gasteiger partial charge in [0.25, 0.3) is 0 Å². The van der Waals surface area contributed by atoms with E-state index in [1.165, 1.54) is 0 Å². The van der Waals surface area contributed by atoms with Crippen molar-refractivity contribution in [2.75, 3.05) is 11.9 Å².